The van der Waals surface area contributed by atoms with Crippen molar-refractivity contribution in [3.8, 4) is 0 Å². The highest BCUT2D eigenvalue weighted by Gasteiger charge is 2.11. The molecule has 4 heteroatoms. The zero-order chi connectivity index (χ0) is 7.98. The van der Waals surface area contributed by atoms with Gasteiger partial charge in [0.15, 0.2) is 0 Å². The highest BCUT2D eigenvalue weighted by Crippen LogP contribution is 2.24. The zero-order valence-corrected chi connectivity index (χ0v) is 7.56. The second-order valence-electron chi connectivity index (χ2n) is 1.76. The van der Waals surface area contributed by atoms with Crippen LogP contribution in [-0.4, -0.2) is 25.9 Å². The van der Waals surface area contributed by atoms with Gasteiger partial charge in [-0.3, -0.25) is 4.57 Å². The average Bonchev–Trinajstić information content (AvgIpc) is 1.87. The SMILES string of the molecule is CCOC(OCC)[P](C)=O. The maximum atomic E-state index is 10.8. The maximum Gasteiger partial charge on any atom is 0.229 e. The Labute approximate surface area is 62.5 Å². The van der Waals surface area contributed by atoms with Crippen molar-refractivity contribution in [2.45, 2.75) is 19.9 Å². The van der Waals surface area contributed by atoms with Crippen molar-refractivity contribution in [3.63, 3.8) is 0 Å². The van der Waals surface area contributed by atoms with Crippen molar-refractivity contribution < 1.29 is 14.0 Å². The minimum absolute atomic E-state index is 0.509. The van der Waals surface area contributed by atoms with Crippen LogP contribution in [0.5, 0.6) is 0 Å². The molecule has 0 bridgehead atoms. The lowest BCUT2D eigenvalue weighted by atomic mass is 10.9. The third-order valence-corrected chi connectivity index (χ3v) is 1.81. The summed E-state index contributed by atoms with van der Waals surface area (Å²) in [6.07, 6.45) is 0. The third-order valence-electron chi connectivity index (χ3n) is 0.915. The molecule has 0 saturated carbocycles. The molecule has 0 N–H and O–H groups in total. The molecule has 10 heavy (non-hydrogen) atoms. The Hall–Kier alpha value is 0.0200. The van der Waals surface area contributed by atoms with Gasteiger partial charge < -0.3 is 9.47 Å². The zero-order valence-electron chi connectivity index (χ0n) is 6.66. The lowest BCUT2D eigenvalue weighted by Gasteiger charge is -2.12. The summed E-state index contributed by atoms with van der Waals surface area (Å²) in [6.45, 7) is 6.39. The molecule has 0 aromatic heterocycles. The third kappa shape index (κ3) is 3.94. The van der Waals surface area contributed by atoms with Gasteiger partial charge in [-0.05, 0) is 13.8 Å². The molecule has 0 aliphatic carbocycles. The fourth-order valence-corrected chi connectivity index (χ4v) is 1.26. The van der Waals surface area contributed by atoms with Crippen molar-refractivity contribution in [1.29, 1.82) is 0 Å². The van der Waals surface area contributed by atoms with E-state index in [1.54, 1.807) is 6.66 Å². The van der Waals surface area contributed by atoms with Crippen LogP contribution >= 0.6 is 7.80 Å². The summed E-state index contributed by atoms with van der Waals surface area (Å²) >= 11 is 0. The molecule has 61 valence electrons. The van der Waals surface area contributed by atoms with Crippen molar-refractivity contribution >= 4 is 7.80 Å². The molecule has 0 rings (SSSR count). The summed E-state index contributed by atoms with van der Waals surface area (Å²) in [6, 6.07) is -0.509. The smallest absolute Gasteiger partial charge is 0.229 e. The average molecular weight is 165 g/mol. The van der Waals surface area contributed by atoms with E-state index in [1.165, 1.54) is 0 Å². The van der Waals surface area contributed by atoms with Crippen LogP contribution in [0.4, 0.5) is 0 Å². The Kier molecular flexibility index (Phi) is 5.79. The van der Waals surface area contributed by atoms with Crippen LogP contribution in [0.2, 0.25) is 0 Å². The molecule has 1 unspecified atom stereocenters. The molecule has 0 aliphatic rings. The summed E-state index contributed by atoms with van der Waals surface area (Å²) in [5.74, 6) is 0. The van der Waals surface area contributed by atoms with Crippen LogP contribution in [0, 0.1) is 0 Å². The topological polar surface area (TPSA) is 35.5 Å². The van der Waals surface area contributed by atoms with Crippen molar-refractivity contribution in [2.75, 3.05) is 19.9 Å². The van der Waals surface area contributed by atoms with Crippen LogP contribution in [0.1, 0.15) is 13.8 Å². The Morgan fingerprint density at radius 1 is 1.30 bits per heavy atom. The number of hydrogen-bond donors (Lipinski definition) is 0. The van der Waals surface area contributed by atoms with Gasteiger partial charge in [0, 0.05) is 19.9 Å². The van der Waals surface area contributed by atoms with Crippen LogP contribution in [0.3, 0.4) is 0 Å². The molecule has 1 radical (unpaired) electrons. The number of rotatable bonds is 5. The number of hydrogen-bond acceptors (Lipinski definition) is 3. The van der Waals surface area contributed by atoms with Crippen molar-refractivity contribution in [2.24, 2.45) is 0 Å². The summed E-state index contributed by atoms with van der Waals surface area (Å²) in [4.78, 5) is 0. The number of ether oxygens (including phenoxy) is 2. The van der Waals surface area contributed by atoms with E-state index in [2.05, 4.69) is 0 Å². The molecule has 0 saturated heterocycles. The summed E-state index contributed by atoms with van der Waals surface area (Å²) in [5, 5.41) is 0. The minimum Gasteiger partial charge on any atom is -0.344 e. The Morgan fingerprint density at radius 3 is 1.90 bits per heavy atom. The predicted octanol–water partition coefficient (Wildman–Crippen LogP) is 1.80. The second kappa shape index (κ2) is 5.78. The fraction of sp³-hybridized carbons (Fsp3) is 1.00. The molecule has 1 atom stereocenters. The van der Waals surface area contributed by atoms with E-state index in [0.717, 1.165) is 0 Å². The first-order valence-electron chi connectivity index (χ1n) is 3.35. The van der Waals surface area contributed by atoms with Gasteiger partial charge in [-0.2, -0.15) is 0 Å². The molecule has 0 aromatic carbocycles. The van der Waals surface area contributed by atoms with E-state index in [0.29, 0.717) is 13.2 Å². The molecule has 0 amide bonds. The Morgan fingerprint density at radius 2 is 1.70 bits per heavy atom. The van der Waals surface area contributed by atoms with E-state index in [9.17, 15) is 4.57 Å². The highest BCUT2D eigenvalue weighted by atomic mass is 31.1. The fourth-order valence-electron chi connectivity index (χ4n) is 0.543. The van der Waals surface area contributed by atoms with Gasteiger partial charge in [0.05, 0.1) is 0 Å². The maximum absolute atomic E-state index is 10.8. The van der Waals surface area contributed by atoms with Crippen LogP contribution in [0.25, 0.3) is 0 Å². The first kappa shape index (κ1) is 10.0. The molecular formula is C6H14O3P. The molecular weight excluding hydrogens is 151 g/mol. The molecule has 0 heterocycles. The summed E-state index contributed by atoms with van der Waals surface area (Å²) < 4.78 is 20.9. The normalized spacial score (nSPS) is 12.2. The second-order valence-corrected chi connectivity index (χ2v) is 3.28. The van der Waals surface area contributed by atoms with E-state index in [1.807, 2.05) is 13.8 Å². The standard InChI is InChI=1S/C6H14O3P/c1-4-8-6(9-5-2)10(3)7/h6H,4-5H2,1-3H3. The van der Waals surface area contributed by atoms with E-state index < -0.39 is 13.8 Å². The molecule has 3 nitrogen and oxygen atoms in total. The molecule has 0 aliphatic heterocycles. The molecule has 0 spiro atoms. The lowest BCUT2D eigenvalue weighted by molar-refractivity contribution is -0.0793. The van der Waals surface area contributed by atoms with Crippen molar-refractivity contribution in [3.05, 3.63) is 0 Å². The van der Waals surface area contributed by atoms with Crippen LogP contribution in [0.15, 0.2) is 0 Å². The van der Waals surface area contributed by atoms with Gasteiger partial charge >= 0.3 is 0 Å². The van der Waals surface area contributed by atoms with Gasteiger partial charge in [0.1, 0.15) is 7.80 Å². The summed E-state index contributed by atoms with van der Waals surface area (Å²) in [5.41, 5.74) is 0. The van der Waals surface area contributed by atoms with E-state index >= 15 is 0 Å². The lowest BCUT2D eigenvalue weighted by Crippen LogP contribution is -2.12. The first-order chi connectivity index (χ1) is 4.72. The van der Waals surface area contributed by atoms with Crippen LogP contribution < -0.4 is 0 Å². The van der Waals surface area contributed by atoms with Gasteiger partial charge in [-0.25, -0.2) is 0 Å². The Bertz CT molecular complexity index is 99.2. The van der Waals surface area contributed by atoms with Gasteiger partial charge in [-0.15, -0.1) is 0 Å². The highest BCUT2D eigenvalue weighted by molar-refractivity contribution is 7.44. The first-order valence-corrected chi connectivity index (χ1v) is 5.13. The van der Waals surface area contributed by atoms with Gasteiger partial charge in [-0.1, -0.05) is 0 Å². The van der Waals surface area contributed by atoms with E-state index in [-0.39, 0.29) is 0 Å². The minimum atomic E-state index is -1.37. The van der Waals surface area contributed by atoms with E-state index in [4.69, 9.17) is 9.47 Å². The Balaban J connectivity index is 3.61. The van der Waals surface area contributed by atoms with Gasteiger partial charge in [0.2, 0.25) is 6.03 Å². The van der Waals surface area contributed by atoms with Crippen LogP contribution in [-0.2, 0) is 14.0 Å². The quantitative estimate of drug-likeness (QED) is 0.460. The molecule has 0 aromatic rings. The summed E-state index contributed by atoms with van der Waals surface area (Å²) in [7, 11) is -1.37. The monoisotopic (exact) mass is 165 g/mol. The van der Waals surface area contributed by atoms with Crippen molar-refractivity contribution in [1.82, 2.24) is 0 Å². The predicted molar refractivity (Wildman–Crippen MR) is 40.6 cm³/mol. The molecule has 0 fully saturated rings. The van der Waals surface area contributed by atoms with Gasteiger partial charge in [0.25, 0.3) is 0 Å². The largest absolute Gasteiger partial charge is 0.344 e.